The molecule has 82 valence electrons. The van der Waals surface area contributed by atoms with E-state index >= 15 is 0 Å². The van der Waals surface area contributed by atoms with Gasteiger partial charge in [0.15, 0.2) is 0 Å². The van der Waals surface area contributed by atoms with E-state index in [0.717, 1.165) is 5.69 Å². The van der Waals surface area contributed by atoms with Crippen molar-refractivity contribution >= 4 is 0 Å². The van der Waals surface area contributed by atoms with Crippen LogP contribution in [-0.4, -0.2) is 4.98 Å². The quantitative estimate of drug-likeness (QED) is 0.671. The highest BCUT2D eigenvalue weighted by atomic mass is 14.6. The first-order valence-electron chi connectivity index (χ1n) is 5.68. The van der Waals surface area contributed by atoms with Crippen molar-refractivity contribution in [3.63, 3.8) is 0 Å². The molecule has 0 bridgehead atoms. The molecule has 14 heavy (non-hydrogen) atoms. The molecule has 1 nitrogen and oxygen atoms in total. The molecule has 0 aliphatic rings. The molecule has 0 aromatic carbocycles. The maximum absolute atomic E-state index is 3.98. The van der Waals surface area contributed by atoms with E-state index < -0.39 is 0 Å². The third-order valence-electron chi connectivity index (χ3n) is 1.52. The minimum Gasteiger partial charge on any atom is -0.262 e. The highest BCUT2D eigenvalue weighted by Crippen LogP contribution is 1.88. The van der Waals surface area contributed by atoms with Crippen LogP contribution in [0.25, 0.3) is 0 Å². The number of pyridine rings is 1. The molecule has 0 aliphatic carbocycles. The van der Waals surface area contributed by atoms with Crippen LogP contribution in [0.2, 0.25) is 0 Å². The minimum atomic E-state index is 1.07. The minimum absolute atomic E-state index is 1.07. The van der Waals surface area contributed by atoms with E-state index in [-0.39, 0.29) is 0 Å². The van der Waals surface area contributed by atoms with Gasteiger partial charge in [-0.3, -0.25) is 4.98 Å². The summed E-state index contributed by atoms with van der Waals surface area (Å²) in [7, 11) is 0. The maximum Gasteiger partial charge on any atom is 0.0372 e. The van der Waals surface area contributed by atoms with Gasteiger partial charge in [-0.2, -0.15) is 0 Å². The first-order valence-corrected chi connectivity index (χ1v) is 5.68. The number of hydrogen-bond donors (Lipinski definition) is 0. The second kappa shape index (κ2) is 14.7. The van der Waals surface area contributed by atoms with Crippen molar-refractivity contribution in [1.29, 1.82) is 0 Å². The van der Waals surface area contributed by atoms with Gasteiger partial charge in [0.25, 0.3) is 0 Å². The lowest BCUT2D eigenvalue weighted by Crippen LogP contribution is -1.72. The van der Waals surface area contributed by atoms with Gasteiger partial charge in [0.1, 0.15) is 0 Å². The molecule has 0 unspecified atom stereocenters. The van der Waals surface area contributed by atoms with Gasteiger partial charge in [-0.1, -0.05) is 53.0 Å². The predicted molar refractivity (Wildman–Crippen MR) is 65.5 cm³/mol. The molecule has 0 atom stereocenters. The summed E-state index contributed by atoms with van der Waals surface area (Å²) in [5, 5.41) is 0. The van der Waals surface area contributed by atoms with Gasteiger partial charge < -0.3 is 0 Å². The van der Waals surface area contributed by atoms with Gasteiger partial charge in [-0.25, -0.2) is 0 Å². The van der Waals surface area contributed by atoms with Crippen LogP contribution in [0, 0.1) is 6.92 Å². The van der Waals surface area contributed by atoms with E-state index in [4.69, 9.17) is 0 Å². The normalized spacial score (nSPS) is 7.79. The fraction of sp³-hybridized carbons (Fsp3) is 0.615. The Labute approximate surface area is 89.6 Å². The first-order chi connectivity index (χ1) is 6.81. The number of aryl methyl sites for hydroxylation is 1. The Morgan fingerprint density at radius 2 is 1.64 bits per heavy atom. The van der Waals surface area contributed by atoms with Gasteiger partial charge in [0, 0.05) is 11.9 Å². The van der Waals surface area contributed by atoms with Gasteiger partial charge in [-0.05, 0) is 19.1 Å². The number of rotatable bonds is 2. The van der Waals surface area contributed by atoms with Crippen LogP contribution in [-0.2, 0) is 0 Å². The topological polar surface area (TPSA) is 12.9 Å². The molecule has 1 rings (SSSR count). The van der Waals surface area contributed by atoms with Gasteiger partial charge in [0.05, 0.1) is 0 Å². The lowest BCUT2D eigenvalue weighted by molar-refractivity contribution is 0.772. The Morgan fingerprint density at radius 3 is 1.79 bits per heavy atom. The standard InChI is InChI=1S/C6H7N.C5H12.C2H6/c1-6-4-2-3-5-7-6;1-3-5-4-2;1-2/h2-5H,1H3;3-5H2,1-2H3;1-2H3. The summed E-state index contributed by atoms with van der Waals surface area (Å²) in [6, 6.07) is 5.86. The van der Waals surface area contributed by atoms with Gasteiger partial charge >= 0.3 is 0 Å². The largest absolute Gasteiger partial charge is 0.262 e. The van der Waals surface area contributed by atoms with Crippen LogP contribution >= 0.6 is 0 Å². The maximum atomic E-state index is 3.98. The molecule has 0 radical (unpaired) electrons. The lowest BCUT2D eigenvalue weighted by atomic mass is 10.3. The number of aromatic nitrogens is 1. The number of unbranched alkanes of at least 4 members (excludes halogenated alkanes) is 2. The van der Waals surface area contributed by atoms with Crippen molar-refractivity contribution in [1.82, 2.24) is 4.98 Å². The van der Waals surface area contributed by atoms with E-state index in [2.05, 4.69) is 18.8 Å². The summed E-state index contributed by atoms with van der Waals surface area (Å²) in [6.45, 7) is 10.4. The van der Waals surface area contributed by atoms with Crippen molar-refractivity contribution in [3.8, 4) is 0 Å². The summed E-state index contributed by atoms with van der Waals surface area (Å²) in [5.74, 6) is 0. The van der Waals surface area contributed by atoms with Crippen LogP contribution in [0.15, 0.2) is 24.4 Å². The SMILES string of the molecule is CC.CCCCC.Cc1ccccn1. The van der Waals surface area contributed by atoms with Crippen molar-refractivity contribution < 1.29 is 0 Å². The van der Waals surface area contributed by atoms with Gasteiger partial charge in [0.2, 0.25) is 0 Å². The third kappa shape index (κ3) is 13.7. The average molecular weight is 195 g/mol. The van der Waals surface area contributed by atoms with Crippen LogP contribution < -0.4 is 0 Å². The van der Waals surface area contributed by atoms with Crippen molar-refractivity contribution in [2.45, 2.75) is 53.9 Å². The molecule has 0 N–H and O–H groups in total. The van der Waals surface area contributed by atoms with Crippen LogP contribution in [0.4, 0.5) is 0 Å². The molecule has 1 aromatic rings. The van der Waals surface area contributed by atoms with E-state index in [0.29, 0.717) is 0 Å². The summed E-state index contributed by atoms with van der Waals surface area (Å²) < 4.78 is 0. The Kier molecular flexibility index (Phi) is 16.4. The summed E-state index contributed by atoms with van der Waals surface area (Å²) in [4.78, 5) is 3.98. The molecular weight excluding hydrogens is 170 g/mol. The number of hydrogen-bond acceptors (Lipinski definition) is 1. The Morgan fingerprint density at radius 1 is 1.07 bits per heavy atom. The van der Waals surface area contributed by atoms with E-state index in [1.54, 1.807) is 6.20 Å². The first kappa shape index (κ1) is 15.6. The van der Waals surface area contributed by atoms with E-state index in [1.165, 1.54) is 19.3 Å². The van der Waals surface area contributed by atoms with Crippen LogP contribution in [0.1, 0.15) is 52.7 Å². The zero-order valence-electron chi connectivity index (χ0n) is 10.4. The van der Waals surface area contributed by atoms with Crippen molar-refractivity contribution in [3.05, 3.63) is 30.1 Å². The molecule has 1 heterocycles. The van der Waals surface area contributed by atoms with Gasteiger partial charge in [-0.15, -0.1) is 0 Å². The van der Waals surface area contributed by atoms with Crippen LogP contribution in [0.3, 0.4) is 0 Å². The molecule has 0 saturated heterocycles. The molecule has 0 saturated carbocycles. The Hall–Kier alpha value is -0.850. The smallest absolute Gasteiger partial charge is 0.0372 e. The van der Waals surface area contributed by atoms with E-state index in [9.17, 15) is 0 Å². The zero-order chi connectivity index (χ0) is 11.2. The highest BCUT2D eigenvalue weighted by Gasteiger charge is 1.73. The molecule has 0 aliphatic heterocycles. The van der Waals surface area contributed by atoms with E-state index in [1.807, 2.05) is 39.0 Å². The summed E-state index contributed by atoms with van der Waals surface area (Å²) in [5.41, 5.74) is 1.07. The fourth-order valence-corrected chi connectivity index (χ4v) is 0.802. The predicted octanol–water partition coefficient (Wildman–Crippen LogP) is 4.61. The van der Waals surface area contributed by atoms with Crippen molar-refractivity contribution in [2.24, 2.45) is 0 Å². The van der Waals surface area contributed by atoms with Crippen LogP contribution in [0.5, 0.6) is 0 Å². The second-order valence-electron chi connectivity index (χ2n) is 2.82. The zero-order valence-corrected chi connectivity index (χ0v) is 10.4. The summed E-state index contributed by atoms with van der Waals surface area (Å²) >= 11 is 0. The van der Waals surface area contributed by atoms with Crippen molar-refractivity contribution in [2.75, 3.05) is 0 Å². The molecule has 0 fully saturated rings. The average Bonchev–Trinajstić information content (AvgIpc) is 2.24. The second-order valence-corrected chi connectivity index (χ2v) is 2.82. The Balaban J connectivity index is 0. The lowest BCUT2D eigenvalue weighted by Gasteiger charge is -1.82. The molecule has 0 spiro atoms. The fourth-order valence-electron chi connectivity index (χ4n) is 0.802. The monoisotopic (exact) mass is 195 g/mol. The molecule has 1 heteroatoms. The highest BCUT2D eigenvalue weighted by molar-refractivity contribution is 4.99. The Bertz CT molecular complexity index is 168. The summed E-state index contributed by atoms with van der Waals surface area (Å²) in [6.07, 6.45) is 5.86. The molecule has 1 aromatic heterocycles. The number of nitrogens with zero attached hydrogens (tertiary/aromatic N) is 1. The third-order valence-corrected chi connectivity index (χ3v) is 1.52. The molecular formula is C13H25N. The molecule has 0 amide bonds.